The van der Waals surface area contributed by atoms with Gasteiger partial charge in [-0.3, -0.25) is 4.72 Å². The predicted octanol–water partition coefficient (Wildman–Crippen LogP) is 1.83. The normalized spacial score (nSPS) is 20.7. The van der Waals surface area contributed by atoms with Crippen molar-refractivity contribution < 1.29 is 16.8 Å². The van der Waals surface area contributed by atoms with E-state index in [0.717, 1.165) is 12.1 Å². The van der Waals surface area contributed by atoms with Crippen LogP contribution in [0.4, 0.5) is 11.4 Å². The lowest BCUT2D eigenvalue weighted by molar-refractivity contribution is 0.597. The van der Waals surface area contributed by atoms with Crippen molar-refractivity contribution in [3.05, 3.63) is 24.3 Å². The van der Waals surface area contributed by atoms with Gasteiger partial charge in [-0.25, -0.2) is 16.8 Å². The summed E-state index contributed by atoms with van der Waals surface area (Å²) in [4.78, 5) is 0. The largest absolute Gasteiger partial charge is 0.381 e. The first kappa shape index (κ1) is 17.1. The third-order valence-corrected chi connectivity index (χ3v) is 6.67. The molecule has 1 aliphatic rings. The van der Waals surface area contributed by atoms with Gasteiger partial charge in [-0.2, -0.15) is 0 Å². The fraction of sp³-hybridized carbons (Fsp3) is 0.571. The summed E-state index contributed by atoms with van der Waals surface area (Å²) in [5.41, 5.74) is 1.30. The smallest absolute Gasteiger partial charge is 0.232 e. The maximum absolute atomic E-state index is 11.8. The molecule has 1 saturated heterocycles. The number of sulfone groups is 1. The molecule has 2 N–H and O–H groups in total. The van der Waals surface area contributed by atoms with Crippen molar-refractivity contribution in [2.45, 2.75) is 32.2 Å². The number of anilines is 2. The summed E-state index contributed by atoms with van der Waals surface area (Å²) in [6, 6.07) is 6.78. The van der Waals surface area contributed by atoms with E-state index in [1.165, 1.54) is 0 Å². The van der Waals surface area contributed by atoms with Crippen LogP contribution in [0.5, 0.6) is 0 Å². The summed E-state index contributed by atoms with van der Waals surface area (Å²) in [6.07, 6.45) is 2.06. The van der Waals surface area contributed by atoms with Crippen LogP contribution in [-0.2, 0) is 19.9 Å². The molecule has 1 aromatic carbocycles. The Hall–Kier alpha value is -1.28. The van der Waals surface area contributed by atoms with Crippen LogP contribution in [0, 0.1) is 0 Å². The fourth-order valence-electron chi connectivity index (χ4n) is 2.34. The van der Waals surface area contributed by atoms with Crippen LogP contribution in [0.25, 0.3) is 0 Å². The molecular formula is C14H22N2O4S2. The van der Waals surface area contributed by atoms with Gasteiger partial charge in [0.15, 0.2) is 9.84 Å². The lowest BCUT2D eigenvalue weighted by Gasteiger charge is -2.13. The molecule has 1 unspecified atom stereocenters. The quantitative estimate of drug-likeness (QED) is 0.786. The molecule has 1 atom stereocenters. The summed E-state index contributed by atoms with van der Waals surface area (Å²) in [5, 5.41) is 3.16. The molecule has 0 bridgehead atoms. The number of hydrogen-bond acceptors (Lipinski definition) is 5. The Balaban J connectivity index is 1.93. The highest BCUT2D eigenvalue weighted by atomic mass is 32.2. The molecule has 0 aliphatic carbocycles. The minimum Gasteiger partial charge on any atom is -0.381 e. The van der Waals surface area contributed by atoms with Crippen molar-refractivity contribution in [1.82, 2.24) is 0 Å². The van der Waals surface area contributed by atoms with Crippen molar-refractivity contribution >= 4 is 31.2 Å². The highest BCUT2D eigenvalue weighted by Crippen LogP contribution is 2.20. The molecule has 1 aliphatic heterocycles. The first-order valence-corrected chi connectivity index (χ1v) is 10.8. The number of benzene rings is 1. The second-order valence-electron chi connectivity index (χ2n) is 5.60. The van der Waals surface area contributed by atoms with Crippen LogP contribution >= 0.6 is 0 Å². The molecule has 0 saturated carbocycles. The van der Waals surface area contributed by atoms with Crippen LogP contribution in [0.15, 0.2) is 24.3 Å². The number of unbranched alkanes of at least 4 members (excludes halogenated alkanes) is 1. The van der Waals surface area contributed by atoms with Gasteiger partial charge in [-0.1, -0.05) is 13.3 Å². The van der Waals surface area contributed by atoms with E-state index in [1.54, 1.807) is 24.3 Å². The highest BCUT2D eigenvalue weighted by molar-refractivity contribution is 7.92. The molecule has 124 valence electrons. The Morgan fingerprint density at radius 1 is 1.18 bits per heavy atom. The summed E-state index contributed by atoms with van der Waals surface area (Å²) in [6.45, 7) is 1.94. The number of nitrogens with one attached hydrogen (secondary N) is 2. The van der Waals surface area contributed by atoms with E-state index >= 15 is 0 Å². The Bertz CT molecular complexity index is 697. The lowest BCUT2D eigenvalue weighted by Crippen LogP contribution is -2.20. The van der Waals surface area contributed by atoms with Crippen molar-refractivity contribution in [3.63, 3.8) is 0 Å². The molecule has 0 radical (unpaired) electrons. The molecule has 2 rings (SSSR count). The maximum Gasteiger partial charge on any atom is 0.232 e. The van der Waals surface area contributed by atoms with Gasteiger partial charge in [0.05, 0.1) is 17.3 Å². The van der Waals surface area contributed by atoms with E-state index < -0.39 is 19.9 Å². The summed E-state index contributed by atoms with van der Waals surface area (Å²) in [7, 11) is -6.21. The van der Waals surface area contributed by atoms with Gasteiger partial charge in [0.2, 0.25) is 10.0 Å². The molecule has 1 fully saturated rings. The Kier molecular flexibility index (Phi) is 5.33. The van der Waals surface area contributed by atoms with Gasteiger partial charge in [0, 0.05) is 17.4 Å². The zero-order valence-corrected chi connectivity index (χ0v) is 14.2. The lowest BCUT2D eigenvalue weighted by atomic mass is 10.2. The first-order chi connectivity index (χ1) is 10.3. The van der Waals surface area contributed by atoms with Gasteiger partial charge in [0.25, 0.3) is 0 Å². The standard InChI is InChI=1S/C14H22N2O4S2/c1-2-3-9-22(19,20)16-13-6-4-12(5-7-13)15-14-8-10-21(17,18)11-14/h4-7,14-16H,2-3,8-11H2,1H3. The zero-order chi connectivity index (χ0) is 16.2. The second-order valence-corrected chi connectivity index (χ2v) is 9.67. The average Bonchev–Trinajstić information content (AvgIpc) is 2.78. The molecule has 0 amide bonds. The van der Waals surface area contributed by atoms with E-state index in [9.17, 15) is 16.8 Å². The van der Waals surface area contributed by atoms with Crippen LogP contribution in [0.1, 0.15) is 26.2 Å². The van der Waals surface area contributed by atoms with Crippen molar-refractivity contribution in [3.8, 4) is 0 Å². The topological polar surface area (TPSA) is 92.3 Å². The van der Waals surface area contributed by atoms with Gasteiger partial charge >= 0.3 is 0 Å². The van der Waals surface area contributed by atoms with Crippen molar-refractivity contribution in [2.75, 3.05) is 27.3 Å². The van der Waals surface area contributed by atoms with Crippen molar-refractivity contribution in [1.29, 1.82) is 0 Å². The van der Waals surface area contributed by atoms with Crippen LogP contribution in [0.2, 0.25) is 0 Å². The zero-order valence-electron chi connectivity index (χ0n) is 12.6. The Morgan fingerprint density at radius 3 is 2.36 bits per heavy atom. The molecular weight excluding hydrogens is 324 g/mol. The SMILES string of the molecule is CCCCS(=O)(=O)Nc1ccc(NC2CCS(=O)(=O)C2)cc1. The minimum atomic E-state index is -3.30. The number of hydrogen-bond donors (Lipinski definition) is 2. The predicted molar refractivity (Wildman–Crippen MR) is 89.4 cm³/mol. The summed E-state index contributed by atoms with van der Waals surface area (Å²) >= 11 is 0. The van der Waals surface area contributed by atoms with E-state index in [-0.39, 0.29) is 23.3 Å². The molecule has 1 heterocycles. The monoisotopic (exact) mass is 346 g/mol. The number of rotatable bonds is 7. The molecule has 1 aromatic rings. The molecule has 8 heteroatoms. The van der Waals surface area contributed by atoms with Gasteiger partial charge < -0.3 is 5.32 Å². The molecule has 0 spiro atoms. The molecule has 6 nitrogen and oxygen atoms in total. The van der Waals surface area contributed by atoms with Gasteiger partial charge in [-0.05, 0) is 37.1 Å². The third kappa shape index (κ3) is 5.17. The summed E-state index contributed by atoms with van der Waals surface area (Å²) in [5.74, 6) is 0.488. The molecule has 0 aromatic heterocycles. The molecule has 22 heavy (non-hydrogen) atoms. The maximum atomic E-state index is 11.8. The van der Waals surface area contributed by atoms with E-state index in [0.29, 0.717) is 18.5 Å². The fourth-order valence-corrected chi connectivity index (χ4v) is 5.28. The highest BCUT2D eigenvalue weighted by Gasteiger charge is 2.27. The minimum absolute atomic E-state index is 0.0721. The van der Waals surface area contributed by atoms with Crippen molar-refractivity contribution in [2.24, 2.45) is 0 Å². The van der Waals surface area contributed by atoms with Crippen LogP contribution < -0.4 is 10.0 Å². The van der Waals surface area contributed by atoms with Crippen LogP contribution in [0.3, 0.4) is 0 Å². The van der Waals surface area contributed by atoms with Crippen LogP contribution in [-0.4, -0.2) is 40.1 Å². The second kappa shape index (κ2) is 6.87. The Morgan fingerprint density at radius 2 is 1.82 bits per heavy atom. The number of sulfonamides is 1. The van der Waals surface area contributed by atoms with E-state index in [1.807, 2.05) is 6.92 Å². The van der Waals surface area contributed by atoms with Gasteiger partial charge in [0.1, 0.15) is 0 Å². The third-order valence-electron chi connectivity index (χ3n) is 3.53. The Labute approximate surface area is 132 Å². The van der Waals surface area contributed by atoms with E-state index in [2.05, 4.69) is 10.0 Å². The summed E-state index contributed by atoms with van der Waals surface area (Å²) < 4.78 is 49.0. The average molecular weight is 346 g/mol. The first-order valence-electron chi connectivity index (χ1n) is 7.37. The van der Waals surface area contributed by atoms with Gasteiger partial charge in [-0.15, -0.1) is 0 Å². The van der Waals surface area contributed by atoms with E-state index in [4.69, 9.17) is 0 Å².